The summed E-state index contributed by atoms with van der Waals surface area (Å²) in [5, 5.41) is 0. The van der Waals surface area contributed by atoms with Crippen LogP contribution in [0.15, 0.2) is 4.99 Å². The van der Waals surface area contributed by atoms with Crippen LogP contribution in [0.5, 0.6) is 0 Å². The summed E-state index contributed by atoms with van der Waals surface area (Å²) in [7, 11) is 2.16. The largest absolute Gasteiger partial charge is 0.306 e. The fourth-order valence-electron chi connectivity index (χ4n) is 3.76. The van der Waals surface area contributed by atoms with Crippen molar-refractivity contribution in [3.63, 3.8) is 0 Å². The Kier molecular flexibility index (Phi) is 2.93. The highest BCUT2D eigenvalue weighted by Gasteiger charge is 2.54. The maximum Gasteiger partial charge on any atom is 0.235 e. The van der Waals surface area contributed by atoms with Crippen LogP contribution in [0.3, 0.4) is 0 Å². The van der Waals surface area contributed by atoms with E-state index in [0.717, 1.165) is 19.4 Å². The zero-order valence-corrected chi connectivity index (χ0v) is 10.6. The van der Waals surface area contributed by atoms with Gasteiger partial charge in [0.15, 0.2) is 0 Å². The molecule has 0 bridgehead atoms. The van der Waals surface area contributed by atoms with Crippen LogP contribution in [0.25, 0.3) is 0 Å². The number of isocyanates is 1. The van der Waals surface area contributed by atoms with Crippen molar-refractivity contribution >= 4 is 6.08 Å². The minimum Gasteiger partial charge on any atom is -0.306 e. The van der Waals surface area contributed by atoms with Crippen molar-refractivity contribution in [2.75, 3.05) is 20.1 Å². The molecule has 3 heteroatoms. The average Bonchev–Trinajstić information content (AvgIpc) is 2.15. The third kappa shape index (κ3) is 2.07. The maximum atomic E-state index is 10.6. The number of carbonyl (C=O) groups excluding carboxylic acids is 1. The first-order valence-corrected chi connectivity index (χ1v) is 6.25. The zero-order valence-electron chi connectivity index (χ0n) is 10.6. The second-order valence-corrected chi connectivity index (χ2v) is 6.43. The van der Waals surface area contributed by atoms with Gasteiger partial charge < -0.3 is 4.90 Å². The SMILES string of the molecule is CN1CCCC(C2(N=C=O)CC(C)(C)C2)C1. The van der Waals surface area contributed by atoms with Gasteiger partial charge in [-0.25, -0.2) is 4.79 Å². The number of hydrogen-bond acceptors (Lipinski definition) is 3. The fraction of sp³-hybridized carbons (Fsp3) is 0.923. The van der Waals surface area contributed by atoms with Crippen LogP contribution >= 0.6 is 0 Å². The number of likely N-dealkylation sites (tertiary alicyclic amines) is 1. The second-order valence-electron chi connectivity index (χ2n) is 6.43. The van der Waals surface area contributed by atoms with Gasteiger partial charge in [-0.05, 0) is 50.6 Å². The molecule has 0 spiro atoms. The first kappa shape index (κ1) is 11.8. The van der Waals surface area contributed by atoms with E-state index in [2.05, 4.69) is 30.8 Å². The first-order chi connectivity index (χ1) is 7.47. The lowest BCUT2D eigenvalue weighted by atomic mass is 9.54. The predicted molar refractivity (Wildman–Crippen MR) is 64.1 cm³/mol. The zero-order chi connectivity index (χ0) is 11.8. The van der Waals surface area contributed by atoms with Gasteiger partial charge in [0.2, 0.25) is 6.08 Å². The molecule has 0 amide bonds. The van der Waals surface area contributed by atoms with E-state index in [1.807, 2.05) is 6.08 Å². The van der Waals surface area contributed by atoms with E-state index < -0.39 is 0 Å². The van der Waals surface area contributed by atoms with Gasteiger partial charge in [0, 0.05) is 6.54 Å². The number of hydrogen-bond donors (Lipinski definition) is 0. The van der Waals surface area contributed by atoms with Gasteiger partial charge in [-0.3, -0.25) is 0 Å². The van der Waals surface area contributed by atoms with E-state index in [1.165, 1.54) is 19.4 Å². The fourth-order valence-corrected chi connectivity index (χ4v) is 3.76. The summed E-state index contributed by atoms with van der Waals surface area (Å²) in [6, 6.07) is 0. The molecule has 1 saturated carbocycles. The molecule has 0 radical (unpaired) electrons. The standard InChI is InChI=1S/C13H22N2O/c1-12(2)8-13(9-12,14-10-16)11-5-4-6-15(3)7-11/h11H,4-9H2,1-3H3. The number of piperidine rings is 1. The van der Waals surface area contributed by atoms with E-state index >= 15 is 0 Å². The van der Waals surface area contributed by atoms with Gasteiger partial charge in [-0.15, -0.1) is 0 Å². The highest BCUT2D eigenvalue weighted by molar-refractivity contribution is 5.36. The number of nitrogens with zero attached hydrogens (tertiary/aromatic N) is 2. The van der Waals surface area contributed by atoms with Crippen molar-refractivity contribution in [1.82, 2.24) is 4.90 Å². The van der Waals surface area contributed by atoms with Crippen molar-refractivity contribution in [2.45, 2.75) is 45.1 Å². The maximum absolute atomic E-state index is 10.6. The summed E-state index contributed by atoms with van der Waals surface area (Å²) < 4.78 is 0. The highest BCUT2D eigenvalue weighted by atomic mass is 16.1. The van der Waals surface area contributed by atoms with Gasteiger partial charge >= 0.3 is 0 Å². The Morgan fingerprint density at radius 1 is 1.38 bits per heavy atom. The molecule has 2 fully saturated rings. The summed E-state index contributed by atoms with van der Waals surface area (Å²) >= 11 is 0. The van der Waals surface area contributed by atoms with Gasteiger partial charge in [0.25, 0.3) is 0 Å². The Labute approximate surface area is 97.9 Å². The third-order valence-corrected chi connectivity index (χ3v) is 4.22. The lowest BCUT2D eigenvalue weighted by Crippen LogP contribution is -2.56. The number of aliphatic imine (C=N–C) groups is 1. The van der Waals surface area contributed by atoms with Gasteiger partial charge in [0.05, 0.1) is 5.54 Å². The summed E-state index contributed by atoms with van der Waals surface area (Å²) in [5.74, 6) is 0.556. The Hall–Kier alpha value is -0.660. The van der Waals surface area contributed by atoms with Crippen LogP contribution in [0.4, 0.5) is 0 Å². The monoisotopic (exact) mass is 222 g/mol. The molecule has 1 aliphatic heterocycles. The molecule has 3 nitrogen and oxygen atoms in total. The lowest BCUT2D eigenvalue weighted by molar-refractivity contribution is -0.00729. The Balaban J connectivity index is 2.12. The molecular weight excluding hydrogens is 200 g/mol. The number of rotatable bonds is 2. The molecule has 1 unspecified atom stereocenters. The molecule has 1 heterocycles. The van der Waals surface area contributed by atoms with Crippen LogP contribution in [0.1, 0.15) is 39.5 Å². The van der Waals surface area contributed by atoms with E-state index in [4.69, 9.17) is 0 Å². The predicted octanol–water partition coefficient (Wildman–Crippen LogP) is 2.22. The van der Waals surface area contributed by atoms with Crippen LogP contribution in [0.2, 0.25) is 0 Å². The topological polar surface area (TPSA) is 32.7 Å². The molecule has 0 N–H and O–H groups in total. The van der Waals surface area contributed by atoms with Crippen LogP contribution in [-0.2, 0) is 4.79 Å². The Morgan fingerprint density at radius 3 is 2.56 bits per heavy atom. The van der Waals surface area contributed by atoms with Crippen molar-refractivity contribution in [3.8, 4) is 0 Å². The van der Waals surface area contributed by atoms with Crippen LogP contribution in [-0.4, -0.2) is 36.7 Å². The average molecular weight is 222 g/mol. The van der Waals surface area contributed by atoms with E-state index in [-0.39, 0.29) is 5.54 Å². The molecule has 1 aliphatic carbocycles. The Morgan fingerprint density at radius 2 is 2.06 bits per heavy atom. The van der Waals surface area contributed by atoms with E-state index in [9.17, 15) is 4.79 Å². The molecule has 0 aromatic heterocycles. The summed E-state index contributed by atoms with van der Waals surface area (Å²) in [4.78, 5) is 17.2. The smallest absolute Gasteiger partial charge is 0.235 e. The summed E-state index contributed by atoms with van der Waals surface area (Å²) in [6.07, 6.45) is 6.36. The lowest BCUT2D eigenvalue weighted by Gasteiger charge is -2.55. The van der Waals surface area contributed by atoms with Crippen LogP contribution in [0, 0.1) is 11.3 Å². The van der Waals surface area contributed by atoms with Crippen molar-refractivity contribution in [1.29, 1.82) is 0 Å². The van der Waals surface area contributed by atoms with Gasteiger partial charge in [0.1, 0.15) is 0 Å². The first-order valence-electron chi connectivity index (χ1n) is 6.25. The van der Waals surface area contributed by atoms with Gasteiger partial charge in [-0.2, -0.15) is 4.99 Å². The van der Waals surface area contributed by atoms with Gasteiger partial charge in [-0.1, -0.05) is 13.8 Å². The summed E-state index contributed by atoms with van der Waals surface area (Å²) in [6.45, 7) is 6.79. The molecule has 2 rings (SSSR count). The molecule has 16 heavy (non-hydrogen) atoms. The van der Waals surface area contributed by atoms with E-state index in [0.29, 0.717) is 11.3 Å². The minimum absolute atomic E-state index is 0.0834. The third-order valence-electron chi connectivity index (χ3n) is 4.22. The van der Waals surface area contributed by atoms with Crippen molar-refractivity contribution in [2.24, 2.45) is 16.3 Å². The minimum atomic E-state index is -0.0834. The molecule has 2 aliphatic rings. The highest BCUT2D eigenvalue weighted by Crippen LogP contribution is 2.55. The normalized spacial score (nSPS) is 32.6. The molecule has 0 aromatic carbocycles. The molecule has 90 valence electrons. The van der Waals surface area contributed by atoms with Crippen LogP contribution < -0.4 is 0 Å². The second kappa shape index (κ2) is 3.97. The quantitative estimate of drug-likeness (QED) is 0.530. The molecular formula is C13H22N2O. The molecule has 1 saturated heterocycles. The molecule has 0 aromatic rings. The summed E-state index contributed by atoms with van der Waals surface area (Å²) in [5.41, 5.74) is 0.274. The van der Waals surface area contributed by atoms with E-state index in [1.54, 1.807) is 0 Å². The molecule has 1 atom stereocenters. The van der Waals surface area contributed by atoms with Crippen molar-refractivity contribution in [3.05, 3.63) is 0 Å². The van der Waals surface area contributed by atoms with Crippen molar-refractivity contribution < 1.29 is 4.79 Å². The Bertz CT molecular complexity index is 310.